The van der Waals surface area contributed by atoms with Crippen LogP contribution in [0.2, 0.25) is 0 Å². The molecule has 98 valence electrons. The molecule has 0 bridgehead atoms. The van der Waals surface area contributed by atoms with Gasteiger partial charge in [0.05, 0.1) is 0 Å². The van der Waals surface area contributed by atoms with E-state index in [0.717, 1.165) is 36.7 Å². The first-order valence-electron chi connectivity index (χ1n) is 6.77. The third kappa shape index (κ3) is 1.88. The van der Waals surface area contributed by atoms with Gasteiger partial charge in [-0.3, -0.25) is 4.79 Å². The van der Waals surface area contributed by atoms with E-state index in [1.165, 1.54) is 5.57 Å². The van der Waals surface area contributed by atoms with Crippen LogP contribution >= 0.6 is 0 Å². The molecule has 0 amide bonds. The largest absolute Gasteiger partial charge is 0.303 e. The van der Waals surface area contributed by atoms with Crippen molar-refractivity contribution >= 4 is 12.1 Å². The number of carbonyl (C=O) groups is 2. The van der Waals surface area contributed by atoms with E-state index < -0.39 is 0 Å². The fourth-order valence-electron chi connectivity index (χ4n) is 3.44. The molecule has 2 nitrogen and oxygen atoms in total. The van der Waals surface area contributed by atoms with Crippen molar-refractivity contribution in [3.05, 3.63) is 22.8 Å². The van der Waals surface area contributed by atoms with Gasteiger partial charge in [-0.15, -0.1) is 0 Å². The zero-order valence-corrected chi connectivity index (χ0v) is 11.7. The van der Waals surface area contributed by atoms with Crippen LogP contribution < -0.4 is 0 Å². The number of hydrogen-bond acceptors (Lipinski definition) is 2. The lowest BCUT2D eigenvalue weighted by atomic mass is 9.56. The zero-order valence-electron chi connectivity index (χ0n) is 11.7. The lowest BCUT2D eigenvalue weighted by Crippen LogP contribution is -2.41. The van der Waals surface area contributed by atoms with Crippen molar-refractivity contribution in [3.63, 3.8) is 0 Å². The van der Waals surface area contributed by atoms with Crippen molar-refractivity contribution in [1.29, 1.82) is 0 Å². The molecule has 1 fully saturated rings. The fourth-order valence-corrected chi connectivity index (χ4v) is 3.44. The summed E-state index contributed by atoms with van der Waals surface area (Å²) in [5.74, 6) is 0.635. The van der Waals surface area contributed by atoms with Crippen LogP contribution in [0.5, 0.6) is 0 Å². The van der Waals surface area contributed by atoms with Crippen LogP contribution in [-0.2, 0) is 9.59 Å². The van der Waals surface area contributed by atoms with Crippen LogP contribution in [0.1, 0.15) is 47.0 Å². The van der Waals surface area contributed by atoms with E-state index in [1.54, 1.807) is 0 Å². The second-order valence-electron chi connectivity index (χ2n) is 6.23. The molecule has 1 saturated carbocycles. The van der Waals surface area contributed by atoms with Gasteiger partial charge < -0.3 is 4.79 Å². The molecular formula is C16H22O2. The number of aldehydes is 1. The van der Waals surface area contributed by atoms with Gasteiger partial charge in [-0.25, -0.2) is 0 Å². The summed E-state index contributed by atoms with van der Waals surface area (Å²) in [6.45, 7) is 8.37. The van der Waals surface area contributed by atoms with Crippen LogP contribution in [-0.4, -0.2) is 12.1 Å². The molecule has 2 aliphatic carbocycles. The predicted octanol–water partition coefficient (Wildman–Crippen LogP) is 3.47. The Balaban J connectivity index is 2.46. The van der Waals surface area contributed by atoms with Gasteiger partial charge in [0, 0.05) is 5.92 Å². The van der Waals surface area contributed by atoms with E-state index in [9.17, 15) is 9.59 Å². The highest BCUT2D eigenvalue weighted by molar-refractivity contribution is 6.06. The molecule has 0 aliphatic heterocycles. The molecular weight excluding hydrogens is 224 g/mol. The lowest BCUT2D eigenvalue weighted by molar-refractivity contribution is -0.115. The summed E-state index contributed by atoms with van der Waals surface area (Å²) >= 11 is 0. The average Bonchev–Trinajstić information content (AvgIpc) is 2.32. The number of ketones is 1. The summed E-state index contributed by atoms with van der Waals surface area (Å²) in [5.41, 5.74) is 3.30. The molecule has 2 aliphatic rings. The van der Waals surface area contributed by atoms with E-state index in [0.29, 0.717) is 5.92 Å². The molecule has 0 aromatic heterocycles. The Kier molecular flexibility index (Phi) is 3.31. The highest BCUT2D eigenvalue weighted by atomic mass is 16.1. The van der Waals surface area contributed by atoms with Crippen molar-refractivity contribution in [2.75, 3.05) is 0 Å². The summed E-state index contributed by atoms with van der Waals surface area (Å²) in [6, 6.07) is 0. The predicted molar refractivity (Wildman–Crippen MR) is 72.1 cm³/mol. The van der Waals surface area contributed by atoms with Gasteiger partial charge in [-0.05, 0) is 56.1 Å². The maximum atomic E-state index is 12.1. The Morgan fingerprint density at radius 1 is 1.44 bits per heavy atom. The van der Waals surface area contributed by atoms with Crippen molar-refractivity contribution in [1.82, 2.24) is 0 Å². The maximum absolute atomic E-state index is 12.1. The first-order chi connectivity index (χ1) is 8.40. The molecule has 0 aromatic rings. The summed E-state index contributed by atoms with van der Waals surface area (Å²) in [7, 11) is 0. The molecule has 0 heterocycles. The number of carbonyl (C=O) groups excluding carboxylic acids is 2. The molecule has 0 radical (unpaired) electrons. The topological polar surface area (TPSA) is 34.1 Å². The van der Waals surface area contributed by atoms with Crippen molar-refractivity contribution < 1.29 is 9.59 Å². The standard InChI is InChI=1S/C16H22O2/c1-10(2)14-8-16(4)11(3)12(9-17)5-6-13(16)7-15(14)18/h7,9,11-12H,5-6,8H2,1-4H3. The molecule has 3 unspecified atom stereocenters. The number of rotatable bonds is 1. The highest BCUT2D eigenvalue weighted by Gasteiger charge is 2.45. The summed E-state index contributed by atoms with van der Waals surface area (Å²) < 4.78 is 0. The van der Waals surface area contributed by atoms with Crippen molar-refractivity contribution in [3.8, 4) is 0 Å². The minimum Gasteiger partial charge on any atom is -0.303 e. The van der Waals surface area contributed by atoms with Crippen LogP contribution in [0.4, 0.5) is 0 Å². The van der Waals surface area contributed by atoms with Crippen molar-refractivity contribution in [2.45, 2.75) is 47.0 Å². The molecule has 0 aromatic carbocycles. The Morgan fingerprint density at radius 3 is 2.67 bits per heavy atom. The van der Waals surface area contributed by atoms with Gasteiger partial charge in [0.1, 0.15) is 6.29 Å². The number of hydrogen-bond donors (Lipinski definition) is 0. The van der Waals surface area contributed by atoms with Crippen LogP contribution in [0.3, 0.4) is 0 Å². The molecule has 2 heteroatoms. The zero-order chi connectivity index (χ0) is 13.5. The molecule has 2 rings (SSSR count). The normalized spacial score (nSPS) is 35.9. The molecule has 0 N–H and O–H groups in total. The van der Waals surface area contributed by atoms with E-state index in [4.69, 9.17) is 0 Å². The number of allylic oxidation sites excluding steroid dienone is 4. The second-order valence-corrected chi connectivity index (χ2v) is 6.23. The van der Waals surface area contributed by atoms with E-state index in [2.05, 4.69) is 13.8 Å². The number of fused-ring (bicyclic) bond motifs is 1. The lowest BCUT2D eigenvalue weighted by Gasteiger charge is -2.47. The van der Waals surface area contributed by atoms with Gasteiger partial charge in [0.25, 0.3) is 0 Å². The van der Waals surface area contributed by atoms with Crippen LogP contribution in [0.15, 0.2) is 22.8 Å². The maximum Gasteiger partial charge on any atom is 0.181 e. The highest BCUT2D eigenvalue weighted by Crippen LogP contribution is 2.53. The van der Waals surface area contributed by atoms with Crippen LogP contribution in [0, 0.1) is 17.3 Å². The van der Waals surface area contributed by atoms with Crippen LogP contribution in [0.25, 0.3) is 0 Å². The van der Waals surface area contributed by atoms with Gasteiger partial charge in [0.15, 0.2) is 5.78 Å². The minimum atomic E-state index is -0.00958. The second kappa shape index (κ2) is 4.49. The Labute approximate surface area is 109 Å². The van der Waals surface area contributed by atoms with Crippen molar-refractivity contribution in [2.24, 2.45) is 17.3 Å². The Bertz CT molecular complexity index is 452. The van der Waals surface area contributed by atoms with E-state index in [1.807, 2.05) is 19.9 Å². The third-order valence-electron chi connectivity index (χ3n) is 5.05. The first-order valence-corrected chi connectivity index (χ1v) is 6.77. The average molecular weight is 246 g/mol. The smallest absolute Gasteiger partial charge is 0.181 e. The van der Waals surface area contributed by atoms with E-state index in [-0.39, 0.29) is 17.1 Å². The van der Waals surface area contributed by atoms with Gasteiger partial charge in [0.2, 0.25) is 0 Å². The third-order valence-corrected chi connectivity index (χ3v) is 5.05. The summed E-state index contributed by atoms with van der Waals surface area (Å²) in [4.78, 5) is 23.3. The Morgan fingerprint density at radius 2 is 2.11 bits per heavy atom. The van der Waals surface area contributed by atoms with Gasteiger partial charge in [-0.2, -0.15) is 0 Å². The first kappa shape index (κ1) is 13.3. The summed E-state index contributed by atoms with van der Waals surface area (Å²) in [5, 5.41) is 0. The van der Waals surface area contributed by atoms with Gasteiger partial charge in [-0.1, -0.05) is 25.0 Å². The quantitative estimate of drug-likeness (QED) is 0.524. The van der Waals surface area contributed by atoms with E-state index >= 15 is 0 Å². The molecule has 3 atom stereocenters. The fraction of sp³-hybridized carbons (Fsp3) is 0.625. The Hall–Kier alpha value is -1.18. The molecule has 0 spiro atoms. The SMILES string of the molecule is CC(C)=C1CC2(C)C(=CC1=O)CCC(C=O)C2C. The minimum absolute atomic E-state index is 0.00958. The van der Waals surface area contributed by atoms with Gasteiger partial charge >= 0.3 is 0 Å². The summed E-state index contributed by atoms with van der Waals surface area (Å²) in [6.07, 6.45) is 5.52. The molecule has 18 heavy (non-hydrogen) atoms. The molecule has 0 saturated heterocycles. The monoisotopic (exact) mass is 246 g/mol.